The van der Waals surface area contributed by atoms with Crippen molar-refractivity contribution in [2.75, 3.05) is 0 Å². The van der Waals surface area contributed by atoms with Crippen LogP contribution in [0, 0.1) is 5.92 Å². The zero-order valence-corrected chi connectivity index (χ0v) is 16.2. The van der Waals surface area contributed by atoms with Crippen LogP contribution in [0.15, 0.2) is 47.1 Å². The van der Waals surface area contributed by atoms with Crippen molar-refractivity contribution in [2.45, 2.75) is 65.6 Å². The minimum atomic E-state index is -0.610. The van der Waals surface area contributed by atoms with Gasteiger partial charge in [0.05, 0.1) is 0 Å². The fourth-order valence-electron chi connectivity index (χ4n) is 4.10. The van der Waals surface area contributed by atoms with E-state index in [0.717, 1.165) is 0 Å². The predicted molar refractivity (Wildman–Crippen MR) is 103 cm³/mol. The molecule has 2 rings (SSSR count). The molecular formula is C21H32Si. The van der Waals surface area contributed by atoms with Gasteiger partial charge in [0, 0.05) is 14.7 Å². The summed E-state index contributed by atoms with van der Waals surface area (Å²) in [7, 11) is -0.610. The van der Waals surface area contributed by atoms with Crippen LogP contribution in [0.1, 0.15) is 53.0 Å². The Morgan fingerprint density at radius 1 is 0.864 bits per heavy atom. The van der Waals surface area contributed by atoms with Crippen LogP contribution in [0.3, 0.4) is 0 Å². The Bertz CT molecular complexity index is 545. The molecule has 0 aromatic heterocycles. The average molecular weight is 313 g/mol. The maximum Gasteiger partial charge on any atom is 0.0376 e. The topological polar surface area (TPSA) is 0 Å². The maximum absolute atomic E-state index is 2.38. The summed E-state index contributed by atoms with van der Waals surface area (Å²) in [6.45, 7) is 11.7. The van der Waals surface area contributed by atoms with Crippen molar-refractivity contribution in [1.29, 1.82) is 0 Å². The summed E-state index contributed by atoms with van der Waals surface area (Å²) in [6.07, 6.45) is 2.74. The van der Waals surface area contributed by atoms with Gasteiger partial charge in [-0.1, -0.05) is 74.7 Å². The van der Waals surface area contributed by atoms with Gasteiger partial charge in [0.15, 0.2) is 0 Å². The molecular weight excluding hydrogens is 280 g/mol. The Hall–Kier alpha value is -1.08. The van der Waals surface area contributed by atoms with Gasteiger partial charge in [-0.05, 0) is 49.1 Å². The molecule has 0 nitrogen and oxygen atoms in total. The predicted octanol–water partition coefficient (Wildman–Crippen LogP) is 6.47. The molecule has 0 N–H and O–H groups in total. The summed E-state index contributed by atoms with van der Waals surface area (Å²) in [5.41, 5.74) is 7.79. The summed E-state index contributed by atoms with van der Waals surface area (Å²) in [6, 6.07) is 15.6. The highest BCUT2D eigenvalue weighted by atomic mass is 28.3. The van der Waals surface area contributed by atoms with Crippen molar-refractivity contribution in [3.63, 3.8) is 0 Å². The van der Waals surface area contributed by atoms with Crippen LogP contribution < -0.4 is 0 Å². The van der Waals surface area contributed by atoms with Crippen molar-refractivity contribution >= 4 is 14.4 Å². The van der Waals surface area contributed by atoms with E-state index in [1.807, 2.05) is 0 Å². The van der Waals surface area contributed by atoms with Gasteiger partial charge in [-0.25, -0.2) is 0 Å². The SMILES string of the molecule is CCC[SiH](CCC)CC1C(C)=C(C)C(C)=C1c1ccccc1. The molecule has 0 aliphatic heterocycles. The van der Waals surface area contributed by atoms with Crippen LogP contribution in [-0.4, -0.2) is 8.80 Å². The Morgan fingerprint density at radius 2 is 1.45 bits per heavy atom. The molecule has 0 saturated carbocycles. The highest BCUT2D eigenvalue weighted by Gasteiger charge is 2.30. The molecule has 0 bridgehead atoms. The molecule has 22 heavy (non-hydrogen) atoms. The van der Waals surface area contributed by atoms with Gasteiger partial charge in [-0.3, -0.25) is 0 Å². The molecule has 0 radical (unpaired) electrons. The van der Waals surface area contributed by atoms with E-state index < -0.39 is 8.80 Å². The van der Waals surface area contributed by atoms with Crippen molar-refractivity contribution in [1.82, 2.24) is 0 Å². The Kier molecular flexibility index (Phi) is 6.25. The third kappa shape index (κ3) is 3.63. The standard InChI is InChI=1S/C21H32Si/c1-6-13-22(14-7-2)15-20-17(4)16(3)18(5)21(20)19-11-9-8-10-12-19/h8-12,20,22H,6-7,13-15H2,1-5H3. The van der Waals surface area contributed by atoms with E-state index in [4.69, 9.17) is 0 Å². The molecule has 120 valence electrons. The molecule has 1 aliphatic rings. The lowest BCUT2D eigenvalue weighted by molar-refractivity contribution is 0.855. The number of rotatable bonds is 7. The minimum Gasteiger partial charge on any atom is -0.0657 e. The lowest BCUT2D eigenvalue weighted by Gasteiger charge is -2.23. The summed E-state index contributed by atoms with van der Waals surface area (Å²) < 4.78 is 0. The lowest BCUT2D eigenvalue weighted by Crippen LogP contribution is -2.18. The maximum atomic E-state index is 2.38. The summed E-state index contributed by atoms with van der Waals surface area (Å²) in [5.74, 6) is 0.692. The molecule has 1 unspecified atom stereocenters. The Morgan fingerprint density at radius 3 is 2.00 bits per heavy atom. The van der Waals surface area contributed by atoms with Crippen molar-refractivity contribution in [3.8, 4) is 0 Å². The first-order valence-corrected chi connectivity index (χ1v) is 11.5. The van der Waals surface area contributed by atoms with Gasteiger partial charge >= 0.3 is 0 Å². The molecule has 0 spiro atoms. The summed E-state index contributed by atoms with van der Waals surface area (Å²) >= 11 is 0. The zero-order chi connectivity index (χ0) is 16.1. The highest BCUT2D eigenvalue weighted by Crippen LogP contribution is 2.45. The number of allylic oxidation sites excluding steroid dienone is 4. The number of hydrogen-bond acceptors (Lipinski definition) is 0. The van der Waals surface area contributed by atoms with Crippen molar-refractivity contribution in [2.24, 2.45) is 5.92 Å². The fourth-order valence-corrected chi connectivity index (χ4v) is 7.75. The zero-order valence-electron chi connectivity index (χ0n) is 15.1. The van der Waals surface area contributed by atoms with Crippen LogP contribution in [0.4, 0.5) is 0 Å². The second-order valence-corrected chi connectivity index (χ2v) is 10.3. The molecule has 1 aliphatic carbocycles. The van der Waals surface area contributed by atoms with Crippen LogP contribution in [0.5, 0.6) is 0 Å². The Labute approximate surface area is 138 Å². The van der Waals surface area contributed by atoms with E-state index in [9.17, 15) is 0 Å². The fraction of sp³-hybridized carbons (Fsp3) is 0.524. The molecule has 0 fully saturated rings. The van der Waals surface area contributed by atoms with Gasteiger partial charge < -0.3 is 0 Å². The molecule has 0 saturated heterocycles. The quantitative estimate of drug-likeness (QED) is 0.506. The molecule has 1 atom stereocenters. The van der Waals surface area contributed by atoms with E-state index in [0.29, 0.717) is 5.92 Å². The molecule has 0 heterocycles. The number of hydrogen-bond donors (Lipinski definition) is 0. The monoisotopic (exact) mass is 312 g/mol. The third-order valence-electron chi connectivity index (χ3n) is 5.48. The summed E-state index contributed by atoms with van der Waals surface area (Å²) in [4.78, 5) is 0. The van der Waals surface area contributed by atoms with Crippen LogP contribution >= 0.6 is 0 Å². The number of benzene rings is 1. The smallest absolute Gasteiger partial charge is 0.0376 e. The minimum absolute atomic E-state index is 0.610. The highest BCUT2D eigenvalue weighted by molar-refractivity contribution is 6.59. The first kappa shape index (κ1) is 17.3. The van der Waals surface area contributed by atoms with Gasteiger partial charge in [-0.2, -0.15) is 0 Å². The van der Waals surface area contributed by atoms with Gasteiger partial charge in [0.1, 0.15) is 0 Å². The van der Waals surface area contributed by atoms with E-state index in [1.165, 1.54) is 42.1 Å². The Balaban J connectivity index is 2.31. The van der Waals surface area contributed by atoms with Crippen LogP contribution in [0.25, 0.3) is 5.57 Å². The second kappa shape index (κ2) is 7.96. The third-order valence-corrected chi connectivity index (χ3v) is 9.40. The van der Waals surface area contributed by atoms with Crippen molar-refractivity contribution < 1.29 is 0 Å². The van der Waals surface area contributed by atoms with Gasteiger partial charge in [-0.15, -0.1) is 0 Å². The summed E-state index contributed by atoms with van der Waals surface area (Å²) in [5, 5.41) is 0. The van der Waals surface area contributed by atoms with Crippen LogP contribution in [0.2, 0.25) is 18.1 Å². The van der Waals surface area contributed by atoms with Crippen molar-refractivity contribution in [3.05, 3.63) is 52.6 Å². The van der Waals surface area contributed by atoms with Gasteiger partial charge in [0.2, 0.25) is 0 Å². The van der Waals surface area contributed by atoms with E-state index in [2.05, 4.69) is 65.0 Å². The lowest BCUT2D eigenvalue weighted by atomic mass is 9.91. The molecule has 1 heteroatoms. The second-order valence-electron chi connectivity index (χ2n) is 6.94. The van der Waals surface area contributed by atoms with Crippen LogP contribution in [-0.2, 0) is 0 Å². The average Bonchev–Trinajstić information content (AvgIpc) is 2.73. The van der Waals surface area contributed by atoms with Gasteiger partial charge in [0.25, 0.3) is 0 Å². The largest absolute Gasteiger partial charge is 0.0657 e. The molecule has 1 aromatic rings. The molecule has 0 amide bonds. The first-order chi connectivity index (χ1) is 10.6. The normalized spacial score (nSPS) is 18.7. The molecule has 1 aromatic carbocycles. The first-order valence-electron chi connectivity index (χ1n) is 9.04. The van der Waals surface area contributed by atoms with E-state index in [-0.39, 0.29) is 0 Å². The van der Waals surface area contributed by atoms with E-state index in [1.54, 1.807) is 16.7 Å². The van der Waals surface area contributed by atoms with E-state index >= 15 is 0 Å².